The van der Waals surface area contributed by atoms with Crippen LogP contribution in [0.15, 0.2) is 41.8 Å². The van der Waals surface area contributed by atoms with E-state index < -0.39 is 5.97 Å². The molecule has 1 aromatic carbocycles. The first-order valence-corrected chi connectivity index (χ1v) is 8.24. The molecule has 0 saturated carbocycles. The molecule has 0 unspecified atom stereocenters. The molecule has 2 aromatic rings. The zero-order valence-corrected chi connectivity index (χ0v) is 13.9. The van der Waals surface area contributed by atoms with Gasteiger partial charge in [0.05, 0.1) is 6.42 Å². The van der Waals surface area contributed by atoms with Crippen LogP contribution < -0.4 is 10.6 Å². The number of amides is 2. The maximum atomic E-state index is 12.2. The van der Waals surface area contributed by atoms with E-state index in [-0.39, 0.29) is 30.6 Å². The zero-order chi connectivity index (χ0) is 17.5. The third kappa shape index (κ3) is 5.51. The Bertz CT molecular complexity index is 711. The molecule has 0 fully saturated rings. The molecule has 0 aliphatic heterocycles. The molecular formula is C17H18N2O4S. The number of hydrogen-bond acceptors (Lipinski definition) is 4. The molecule has 0 aliphatic carbocycles. The van der Waals surface area contributed by atoms with Crippen molar-refractivity contribution in [1.82, 2.24) is 0 Å². The van der Waals surface area contributed by atoms with E-state index in [0.29, 0.717) is 11.4 Å². The fourth-order valence-corrected chi connectivity index (χ4v) is 3.11. The second kappa shape index (κ2) is 8.26. The smallest absolute Gasteiger partial charge is 0.304 e. The molecule has 2 amide bonds. The third-order valence-corrected chi connectivity index (χ3v) is 4.32. The molecule has 0 spiro atoms. The lowest BCUT2D eigenvalue weighted by atomic mass is 9.99. The first-order chi connectivity index (χ1) is 11.4. The highest BCUT2D eigenvalue weighted by atomic mass is 32.1. The number of carbonyl (C=O) groups is 3. The Morgan fingerprint density at radius 3 is 2.17 bits per heavy atom. The van der Waals surface area contributed by atoms with Crippen molar-refractivity contribution >= 4 is 40.5 Å². The topological polar surface area (TPSA) is 95.5 Å². The molecule has 0 bridgehead atoms. The van der Waals surface area contributed by atoms with E-state index in [2.05, 4.69) is 10.6 Å². The Hall–Kier alpha value is -2.67. The maximum Gasteiger partial charge on any atom is 0.304 e. The minimum Gasteiger partial charge on any atom is -0.481 e. The summed E-state index contributed by atoms with van der Waals surface area (Å²) in [6.45, 7) is 1.42. The number of anilines is 2. The van der Waals surface area contributed by atoms with Gasteiger partial charge in [-0.2, -0.15) is 0 Å². The van der Waals surface area contributed by atoms with Gasteiger partial charge in [0.15, 0.2) is 0 Å². The quantitative estimate of drug-likeness (QED) is 0.717. The van der Waals surface area contributed by atoms with Crippen molar-refractivity contribution in [2.24, 2.45) is 0 Å². The van der Waals surface area contributed by atoms with Gasteiger partial charge in [0, 0.05) is 35.5 Å². The summed E-state index contributed by atoms with van der Waals surface area (Å²) >= 11 is 1.45. The molecule has 7 heteroatoms. The number of carbonyl (C=O) groups excluding carboxylic acids is 2. The Labute approximate surface area is 143 Å². The van der Waals surface area contributed by atoms with Crippen LogP contribution in [0.5, 0.6) is 0 Å². The number of hydrogen-bond donors (Lipinski definition) is 3. The van der Waals surface area contributed by atoms with Gasteiger partial charge in [0.25, 0.3) is 0 Å². The van der Waals surface area contributed by atoms with E-state index in [1.807, 2.05) is 17.5 Å². The van der Waals surface area contributed by atoms with E-state index in [1.165, 1.54) is 18.3 Å². The van der Waals surface area contributed by atoms with E-state index in [9.17, 15) is 14.4 Å². The highest BCUT2D eigenvalue weighted by molar-refractivity contribution is 7.10. The maximum absolute atomic E-state index is 12.2. The number of rotatable bonds is 7. The average Bonchev–Trinajstić information content (AvgIpc) is 3.02. The van der Waals surface area contributed by atoms with E-state index in [0.717, 1.165) is 4.88 Å². The van der Waals surface area contributed by atoms with Gasteiger partial charge in [0.1, 0.15) is 0 Å². The molecule has 1 aromatic heterocycles. The molecule has 0 radical (unpaired) electrons. The third-order valence-electron chi connectivity index (χ3n) is 3.29. The predicted octanol–water partition coefficient (Wildman–Crippen LogP) is 3.29. The van der Waals surface area contributed by atoms with E-state index in [1.54, 1.807) is 24.3 Å². The first kappa shape index (κ1) is 17.7. The number of thiophene rings is 1. The number of carboxylic acid groups (broad SMARTS) is 1. The second-order valence-corrected chi connectivity index (χ2v) is 6.30. The molecule has 2 rings (SSSR count). The summed E-state index contributed by atoms with van der Waals surface area (Å²) in [6, 6.07) is 10.4. The number of nitrogens with one attached hydrogen (secondary N) is 2. The summed E-state index contributed by atoms with van der Waals surface area (Å²) in [6.07, 6.45) is 0.00959. The normalized spacial score (nSPS) is 11.5. The molecule has 6 nitrogen and oxygen atoms in total. The van der Waals surface area contributed by atoms with Gasteiger partial charge >= 0.3 is 5.97 Å². The molecule has 0 aliphatic rings. The van der Waals surface area contributed by atoms with Crippen LogP contribution in [-0.4, -0.2) is 22.9 Å². The van der Waals surface area contributed by atoms with Crippen LogP contribution in [0.3, 0.4) is 0 Å². The van der Waals surface area contributed by atoms with Crippen LogP contribution >= 0.6 is 11.3 Å². The molecule has 0 saturated heterocycles. The first-order valence-electron chi connectivity index (χ1n) is 7.36. The second-order valence-electron chi connectivity index (χ2n) is 5.32. The summed E-state index contributed by atoms with van der Waals surface area (Å²) < 4.78 is 0. The Kier molecular flexibility index (Phi) is 6.08. The van der Waals surface area contributed by atoms with Gasteiger partial charge in [-0.25, -0.2) is 0 Å². The van der Waals surface area contributed by atoms with Crippen molar-refractivity contribution in [3.63, 3.8) is 0 Å². The van der Waals surface area contributed by atoms with Gasteiger partial charge in [-0.3, -0.25) is 14.4 Å². The molecule has 24 heavy (non-hydrogen) atoms. The van der Waals surface area contributed by atoms with Crippen molar-refractivity contribution in [1.29, 1.82) is 0 Å². The summed E-state index contributed by atoms with van der Waals surface area (Å²) in [4.78, 5) is 35.1. The SMILES string of the molecule is CC(=O)Nc1ccc(NC(=O)C[C@@H](CC(=O)O)c2cccs2)cc1. The van der Waals surface area contributed by atoms with Gasteiger partial charge in [-0.1, -0.05) is 6.07 Å². The fraction of sp³-hybridized carbons (Fsp3) is 0.235. The van der Waals surface area contributed by atoms with Crippen molar-refractivity contribution < 1.29 is 19.5 Å². The largest absolute Gasteiger partial charge is 0.481 e. The highest BCUT2D eigenvalue weighted by Gasteiger charge is 2.20. The lowest BCUT2D eigenvalue weighted by molar-refractivity contribution is -0.137. The lowest BCUT2D eigenvalue weighted by Gasteiger charge is -2.13. The Balaban J connectivity index is 1.97. The Morgan fingerprint density at radius 2 is 1.67 bits per heavy atom. The average molecular weight is 346 g/mol. The van der Waals surface area contributed by atoms with Crippen LogP contribution in [-0.2, 0) is 14.4 Å². The minimum atomic E-state index is -0.930. The summed E-state index contributed by atoms with van der Waals surface area (Å²) in [7, 11) is 0. The Morgan fingerprint density at radius 1 is 1.04 bits per heavy atom. The van der Waals surface area contributed by atoms with Crippen molar-refractivity contribution in [2.45, 2.75) is 25.7 Å². The predicted molar refractivity (Wildman–Crippen MR) is 93.3 cm³/mol. The van der Waals surface area contributed by atoms with E-state index >= 15 is 0 Å². The minimum absolute atomic E-state index is 0.0879. The van der Waals surface area contributed by atoms with Gasteiger partial charge < -0.3 is 15.7 Å². The molecule has 3 N–H and O–H groups in total. The number of benzene rings is 1. The molecule has 1 heterocycles. The standard InChI is InChI=1S/C17H18N2O4S/c1-11(20)18-13-4-6-14(7-5-13)19-16(21)9-12(10-17(22)23)15-3-2-8-24-15/h2-8,12H,9-10H2,1H3,(H,18,20)(H,19,21)(H,22,23)/t12-/m0/s1. The van der Waals surface area contributed by atoms with E-state index in [4.69, 9.17) is 5.11 Å². The van der Waals surface area contributed by atoms with Crippen LogP contribution in [0.25, 0.3) is 0 Å². The number of aliphatic carboxylic acids is 1. The zero-order valence-electron chi connectivity index (χ0n) is 13.1. The lowest BCUT2D eigenvalue weighted by Crippen LogP contribution is -2.17. The highest BCUT2D eigenvalue weighted by Crippen LogP contribution is 2.28. The summed E-state index contributed by atoms with van der Waals surface area (Å²) in [5.41, 5.74) is 1.23. The molecule has 1 atom stereocenters. The van der Waals surface area contributed by atoms with Crippen LogP contribution in [0.2, 0.25) is 0 Å². The van der Waals surface area contributed by atoms with Crippen LogP contribution in [0.1, 0.15) is 30.6 Å². The van der Waals surface area contributed by atoms with Gasteiger partial charge in [-0.05, 0) is 35.7 Å². The van der Waals surface area contributed by atoms with Crippen molar-refractivity contribution in [3.05, 3.63) is 46.7 Å². The fourth-order valence-electron chi connectivity index (χ4n) is 2.28. The summed E-state index contributed by atoms with van der Waals surface area (Å²) in [5.74, 6) is -1.69. The van der Waals surface area contributed by atoms with Crippen molar-refractivity contribution in [3.8, 4) is 0 Å². The van der Waals surface area contributed by atoms with Gasteiger partial charge in [-0.15, -0.1) is 11.3 Å². The monoisotopic (exact) mass is 346 g/mol. The van der Waals surface area contributed by atoms with Crippen LogP contribution in [0.4, 0.5) is 11.4 Å². The number of carboxylic acids is 1. The van der Waals surface area contributed by atoms with Gasteiger partial charge in [0.2, 0.25) is 11.8 Å². The molecule has 126 valence electrons. The van der Waals surface area contributed by atoms with Crippen molar-refractivity contribution in [2.75, 3.05) is 10.6 Å². The van der Waals surface area contributed by atoms with Crippen LogP contribution in [0, 0.1) is 0 Å². The summed E-state index contributed by atoms with van der Waals surface area (Å²) in [5, 5.41) is 16.3. The molecular weight excluding hydrogens is 328 g/mol.